The van der Waals surface area contributed by atoms with Crippen LogP contribution in [-0.4, -0.2) is 17.7 Å². The minimum absolute atomic E-state index is 0.0745. The summed E-state index contributed by atoms with van der Waals surface area (Å²) in [5.41, 5.74) is 1.35. The van der Waals surface area contributed by atoms with Crippen molar-refractivity contribution in [2.45, 2.75) is 57.0 Å². The van der Waals surface area contributed by atoms with Crippen molar-refractivity contribution in [3.8, 4) is 11.5 Å². The van der Waals surface area contributed by atoms with Gasteiger partial charge in [0.1, 0.15) is 11.5 Å². The van der Waals surface area contributed by atoms with Gasteiger partial charge in [-0.3, -0.25) is 4.79 Å². The van der Waals surface area contributed by atoms with Gasteiger partial charge in [0.15, 0.2) is 0 Å². The highest BCUT2D eigenvalue weighted by molar-refractivity contribution is 5.73. The lowest BCUT2D eigenvalue weighted by Crippen LogP contribution is -2.49. The van der Waals surface area contributed by atoms with Gasteiger partial charge in [0.2, 0.25) is 0 Å². The van der Waals surface area contributed by atoms with Crippen molar-refractivity contribution in [1.82, 2.24) is 0 Å². The summed E-state index contributed by atoms with van der Waals surface area (Å²) in [6.45, 7) is 0.823. The maximum absolute atomic E-state index is 11.0. The number of hydrogen-bond donors (Lipinski definition) is 1. The molecule has 0 spiro atoms. The first-order valence-corrected chi connectivity index (χ1v) is 11.3. The minimum Gasteiger partial charge on any atom is -0.481 e. The number of aliphatic carboxylic acids is 1. The van der Waals surface area contributed by atoms with E-state index in [1.807, 2.05) is 36.4 Å². The number of carboxylic acids is 1. The number of fused-ring (bicyclic) bond motifs is 3. The minimum atomic E-state index is -0.611. The fourth-order valence-corrected chi connectivity index (χ4v) is 5.53. The third kappa shape index (κ3) is 3.85. The molecule has 4 fully saturated rings. The lowest BCUT2D eigenvalue weighted by Gasteiger charge is -2.53. The van der Waals surface area contributed by atoms with E-state index in [-0.39, 0.29) is 11.5 Å². The van der Waals surface area contributed by atoms with Crippen LogP contribution in [0, 0.1) is 17.3 Å². The van der Waals surface area contributed by atoms with E-state index in [2.05, 4.69) is 18.2 Å². The van der Waals surface area contributed by atoms with Crippen molar-refractivity contribution >= 4 is 5.97 Å². The predicted octanol–water partition coefficient (Wildman–Crippen LogP) is 6.16. The number of rotatable bonds is 8. The summed E-state index contributed by atoms with van der Waals surface area (Å²) in [4.78, 5) is 11.0. The van der Waals surface area contributed by atoms with Crippen LogP contribution in [0.1, 0.15) is 56.9 Å². The summed E-state index contributed by atoms with van der Waals surface area (Å²) < 4.78 is 12.6. The highest BCUT2D eigenvalue weighted by Gasteiger charge is 2.50. The molecule has 1 N–H and O–H groups in total. The average molecular weight is 407 g/mol. The van der Waals surface area contributed by atoms with Gasteiger partial charge in [-0.25, -0.2) is 0 Å². The molecule has 158 valence electrons. The molecule has 2 bridgehead atoms. The topological polar surface area (TPSA) is 55.8 Å². The van der Waals surface area contributed by atoms with Crippen molar-refractivity contribution < 1.29 is 19.4 Å². The van der Waals surface area contributed by atoms with E-state index in [4.69, 9.17) is 14.6 Å². The zero-order chi connectivity index (χ0) is 20.6. The van der Waals surface area contributed by atoms with Crippen LogP contribution in [-0.2, 0) is 15.1 Å². The lowest BCUT2D eigenvalue weighted by molar-refractivity contribution is -0.192. The second-order valence-corrected chi connectivity index (χ2v) is 9.56. The fraction of sp³-hybridized carbons (Fsp3) is 0.500. The maximum atomic E-state index is 11.0. The van der Waals surface area contributed by atoms with Crippen LogP contribution in [0.2, 0.25) is 0 Å². The molecular weight excluding hydrogens is 376 g/mol. The quantitative estimate of drug-likeness (QED) is 0.571. The standard InChI is InChI=1S/C26H30O4/c27-24(28)23-16-19(23)6-5-11-25-12-14-26(15-13-25,29-18-25)20-7-4-10-22(17-20)30-21-8-2-1-3-9-21/h1-4,7-10,17,19,23H,5-6,11-16,18H2,(H,27,28)/t19?,23-,25?,26?/m0/s1. The highest BCUT2D eigenvalue weighted by atomic mass is 16.5. The summed E-state index contributed by atoms with van der Waals surface area (Å²) >= 11 is 0. The van der Waals surface area contributed by atoms with Crippen molar-refractivity contribution in [2.24, 2.45) is 17.3 Å². The molecule has 6 rings (SSSR count). The Morgan fingerprint density at radius 1 is 1.03 bits per heavy atom. The Labute approximate surface area is 178 Å². The van der Waals surface area contributed by atoms with Gasteiger partial charge in [0.25, 0.3) is 0 Å². The monoisotopic (exact) mass is 406 g/mol. The second-order valence-electron chi connectivity index (χ2n) is 9.56. The van der Waals surface area contributed by atoms with Gasteiger partial charge in [-0.15, -0.1) is 0 Å². The first-order chi connectivity index (χ1) is 14.6. The molecule has 2 aliphatic heterocycles. The Bertz CT molecular complexity index is 882. The molecule has 2 heterocycles. The van der Waals surface area contributed by atoms with Crippen molar-refractivity contribution in [1.29, 1.82) is 0 Å². The maximum Gasteiger partial charge on any atom is 0.306 e. The SMILES string of the molecule is O=C(O)[C@H]1CC1CCCC12CCC(c3cccc(Oc4ccccc4)c3)(CC1)OC2. The Hall–Kier alpha value is -2.33. The van der Waals surface area contributed by atoms with Crippen LogP contribution in [0.15, 0.2) is 54.6 Å². The molecule has 30 heavy (non-hydrogen) atoms. The van der Waals surface area contributed by atoms with Gasteiger partial charge in [-0.2, -0.15) is 0 Å². The van der Waals surface area contributed by atoms with E-state index >= 15 is 0 Å². The largest absolute Gasteiger partial charge is 0.481 e. The van der Waals surface area contributed by atoms with Gasteiger partial charge in [-0.05, 0) is 86.1 Å². The van der Waals surface area contributed by atoms with E-state index in [1.165, 1.54) is 24.8 Å². The summed E-state index contributed by atoms with van der Waals surface area (Å²) in [7, 11) is 0. The lowest BCUT2D eigenvalue weighted by atomic mass is 9.62. The summed E-state index contributed by atoms with van der Waals surface area (Å²) in [6.07, 6.45) is 8.75. The number of ether oxygens (including phenoxy) is 2. The van der Waals surface area contributed by atoms with Gasteiger partial charge < -0.3 is 14.6 Å². The number of para-hydroxylation sites is 1. The van der Waals surface area contributed by atoms with Gasteiger partial charge in [0, 0.05) is 0 Å². The summed E-state index contributed by atoms with van der Waals surface area (Å²) in [5, 5.41) is 9.08. The van der Waals surface area contributed by atoms with Crippen LogP contribution in [0.25, 0.3) is 0 Å². The summed E-state index contributed by atoms with van der Waals surface area (Å²) in [6, 6.07) is 18.3. The number of benzene rings is 2. The first kappa shape index (κ1) is 19.6. The van der Waals surface area contributed by atoms with Crippen LogP contribution >= 0.6 is 0 Å². The fourth-order valence-electron chi connectivity index (χ4n) is 5.53. The summed E-state index contributed by atoms with van der Waals surface area (Å²) in [5.74, 6) is 1.43. The predicted molar refractivity (Wildman–Crippen MR) is 115 cm³/mol. The molecule has 2 aliphatic carbocycles. The average Bonchev–Trinajstić information content (AvgIpc) is 3.56. The van der Waals surface area contributed by atoms with Crippen molar-refractivity contribution in [2.75, 3.05) is 6.61 Å². The Morgan fingerprint density at radius 3 is 2.47 bits per heavy atom. The zero-order valence-corrected chi connectivity index (χ0v) is 17.4. The molecule has 2 aromatic rings. The smallest absolute Gasteiger partial charge is 0.306 e. The molecule has 4 nitrogen and oxygen atoms in total. The van der Waals surface area contributed by atoms with Crippen LogP contribution in [0.4, 0.5) is 0 Å². The molecule has 4 heteroatoms. The van der Waals surface area contributed by atoms with Crippen molar-refractivity contribution in [3.63, 3.8) is 0 Å². The van der Waals surface area contributed by atoms with E-state index < -0.39 is 5.97 Å². The van der Waals surface area contributed by atoms with E-state index in [0.29, 0.717) is 11.3 Å². The normalized spacial score (nSPS) is 32.0. The second kappa shape index (κ2) is 7.73. The third-order valence-electron chi connectivity index (χ3n) is 7.63. The van der Waals surface area contributed by atoms with E-state index in [0.717, 1.165) is 50.2 Å². The molecule has 0 amide bonds. The van der Waals surface area contributed by atoms with Crippen LogP contribution in [0.3, 0.4) is 0 Å². The molecule has 0 radical (unpaired) electrons. The Balaban J connectivity index is 1.19. The molecule has 2 saturated heterocycles. The molecular formula is C26H30O4. The van der Waals surface area contributed by atoms with Crippen LogP contribution < -0.4 is 4.74 Å². The van der Waals surface area contributed by atoms with Gasteiger partial charge in [0.05, 0.1) is 18.1 Å². The van der Waals surface area contributed by atoms with Gasteiger partial charge >= 0.3 is 5.97 Å². The van der Waals surface area contributed by atoms with E-state index in [9.17, 15) is 4.79 Å². The molecule has 2 saturated carbocycles. The van der Waals surface area contributed by atoms with Crippen molar-refractivity contribution in [3.05, 3.63) is 60.2 Å². The Kier molecular flexibility index (Phi) is 5.06. The Morgan fingerprint density at radius 2 is 1.80 bits per heavy atom. The first-order valence-electron chi connectivity index (χ1n) is 11.3. The third-order valence-corrected chi connectivity index (χ3v) is 7.63. The van der Waals surface area contributed by atoms with Crippen LogP contribution in [0.5, 0.6) is 11.5 Å². The zero-order valence-electron chi connectivity index (χ0n) is 17.4. The number of carboxylic acid groups (broad SMARTS) is 1. The highest BCUT2D eigenvalue weighted by Crippen LogP contribution is 2.56. The molecule has 4 aliphatic rings. The number of carbonyl (C=O) groups is 1. The van der Waals surface area contributed by atoms with E-state index in [1.54, 1.807) is 0 Å². The molecule has 2 aromatic carbocycles. The van der Waals surface area contributed by atoms with Gasteiger partial charge in [-0.1, -0.05) is 36.8 Å². The molecule has 1 unspecified atom stereocenters. The molecule has 0 aromatic heterocycles. The molecule has 2 atom stereocenters. The number of hydrogen-bond acceptors (Lipinski definition) is 3.